The van der Waals surface area contributed by atoms with Crippen molar-refractivity contribution in [2.45, 2.75) is 39.3 Å². The van der Waals surface area contributed by atoms with Crippen LogP contribution in [-0.2, 0) is 11.3 Å². The summed E-state index contributed by atoms with van der Waals surface area (Å²) in [5.41, 5.74) is 2.61. The molecule has 3 nitrogen and oxygen atoms in total. The summed E-state index contributed by atoms with van der Waals surface area (Å²) in [5.74, 6) is 0. The predicted octanol–water partition coefficient (Wildman–Crippen LogP) is 3.12. The summed E-state index contributed by atoms with van der Waals surface area (Å²) in [6.45, 7) is 9.34. The molecule has 0 aliphatic carbocycles. The molecule has 2 rings (SSSR count). The van der Waals surface area contributed by atoms with E-state index in [-0.39, 0.29) is 0 Å². The van der Waals surface area contributed by atoms with Crippen molar-refractivity contribution in [1.82, 2.24) is 4.90 Å². The fourth-order valence-corrected chi connectivity index (χ4v) is 2.51. The van der Waals surface area contributed by atoms with Gasteiger partial charge in [-0.1, -0.05) is 25.5 Å². The van der Waals surface area contributed by atoms with Crippen LogP contribution in [0.5, 0.6) is 0 Å². The van der Waals surface area contributed by atoms with Gasteiger partial charge in [-0.05, 0) is 31.0 Å². The molecule has 3 heteroatoms. The van der Waals surface area contributed by atoms with E-state index in [0.29, 0.717) is 6.04 Å². The lowest BCUT2D eigenvalue weighted by Gasteiger charge is -2.26. The molecule has 0 radical (unpaired) electrons. The van der Waals surface area contributed by atoms with Gasteiger partial charge in [0.2, 0.25) is 0 Å². The molecule has 1 atom stereocenters. The summed E-state index contributed by atoms with van der Waals surface area (Å²) in [6, 6.07) is 9.41. The standard InChI is InChI=1S/C16H26N2O/c1-3-4-14(2)17-16-7-5-15(6-8-16)13-18-9-11-19-12-10-18/h5-8,14,17H,3-4,9-13H2,1-2H3. The molecule has 1 unspecified atom stereocenters. The van der Waals surface area contributed by atoms with Gasteiger partial charge in [-0.15, -0.1) is 0 Å². The van der Waals surface area contributed by atoms with E-state index in [1.54, 1.807) is 0 Å². The summed E-state index contributed by atoms with van der Waals surface area (Å²) in [4.78, 5) is 2.45. The van der Waals surface area contributed by atoms with E-state index in [2.05, 4.69) is 48.3 Å². The Bertz CT molecular complexity index is 358. The highest BCUT2D eigenvalue weighted by atomic mass is 16.5. The molecule has 106 valence electrons. The first-order valence-electron chi connectivity index (χ1n) is 7.43. The molecular formula is C16H26N2O. The van der Waals surface area contributed by atoms with Crippen LogP contribution in [-0.4, -0.2) is 37.2 Å². The van der Waals surface area contributed by atoms with Gasteiger partial charge in [-0.3, -0.25) is 4.90 Å². The molecule has 1 heterocycles. The lowest BCUT2D eigenvalue weighted by atomic mass is 10.1. The normalized spacial score (nSPS) is 18.2. The number of ether oxygens (including phenoxy) is 1. The van der Waals surface area contributed by atoms with E-state index in [1.807, 2.05) is 0 Å². The Balaban J connectivity index is 1.83. The van der Waals surface area contributed by atoms with Crippen LogP contribution in [0.2, 0.25) is 0 Å². The maximum absolute atomic E-state index is 5.37. The Labute approximate surface area is 116 Å². The first kappa shape index (κ1) is 14.4. The molecule has 1 N–H and O–H groups in total. The average Bonchev–Trinajstić information content (AvgIpc) is 2.42. The molecule has 1 aliphatic rings. The minimum Gasteiger partial charge on any atom is -0.383 e. The summed E-state index contributed by atoms with van der Waals surface area (Å²) in [7, 11) is 0. The van der Waals surface area contributed by atoms with E-state index in [4.69, 9.17) is 4.74 Å². The second kappa shape index (κ2) is 7.51. The summed E-state index contributed by atoms with van der Waals surface area (Å²) in [5, 5.41) is 3.54. The molecule has 1 saturated heterocycles. The van der Waals surface area contributed by atoms with Gasteiger partial charge in [0.05, 0.1) is 13.2 Å². The van der Waals surface area contributed by atoms with E-state index in [9.17, 15) is 0 Å². The maximum Gasteiger partial charge on any atom is 0.0594 e. The van der Waals surface area contributed by atoms with Crippen molar-refractivity contribution >= 4 is 5.69 Å². The van der Waals surface area contributed by atoms with Crippen LogP contribution in [0.4, 0.5) is 5.69 Å². The van der Waals surface area contributed by atoms with Crippen molar-refractivity contribution in [2.24, 2.45) is 0 Å². The molecule has 1 aliphatic heterocycles. The number of rotatable bonds is 6. The number of nitrogens with one attached hydrogen (secondary N) is 1. The van der Waals surface area contributed by atoms with Crippen molar-refractivity contribution < 1.29 is 4.74 Å². The van der Waals surface area contributed by atoms with Crippen LogP contribution in [0.15, 0.2) is 24.3 Å². The first-order valence-corrected chi connectivity index (χ1v) is 7.43. The Morgan fingerprint density at radius 2 is 1.89 bits per heavy atom. The Kier molecular flexibility index (Phi) is 5.67. The smallest absolute Gasteiger partial charge is 0.0594 e. The molecule has 19 heavy (non-hydrogen) atoms. The van der Waals surface area contributed by atoms with Crippen LogP contribution >= 0.6 is 0 Å². The fraction of sp³-hybridized carbons (Fsp3) is 0.625. The zero-order chi connectivity index (χ0) is 13.5. The molecule has 0 saturated carbocycles. The number of nitrogens with zero attached hydrogens (tertiary/aromatic N) is 1. The number of benzene rings is 1. The van der Waals surface area contributed by atoms with E-state index in [0.717, 1.165) is 32.8 Å². The van der Waals surface area contributed by atoms with E-state index < -0.39 is 0 Å². The summed E-state index contributed by atoms with van der Waals surface area (Å²) < 4.78 is 5.37. The first-order chi connectivity index (χ1) is 9.28. The third-order valence-corrected chi connectivity index (χ3v) is 3.60. The number of morpholine rings is 1. The quantitative estimate of drug-likeness (QED) is 0.852. The zero-order valence-corrected chi connectivity index (χ0v) is 12.2. The highest BCUT2D eigenvalue weighted by molar-refractivity contribution is 5.45. The minimum atomic E-state index is 0.551. The minimum absolute atomic E-state index is 0.551. The fourth-order valence-electron chi connectivity index (χ4n) is 2.51. The van der Waals surface area contributed by atoms with Gasteiger partial charge in [0.1, 0.15) is 0 Å². The van der Waals surface area contributed by atoms with Gasteiger partial charge >= 0.3 is 0 Å². The molecule has 0 amide bonds. The Morgan fingerprint density at radius 3 is 2.53 bits per heavy atom. The van der Waals surface area contributed by atoms with E-state index >= 15 is 0 Å². The van der Waals surface area contributed by atoms with Crippen molar-refractivity contribution in [1.29, 1.82) is 0 Å². The Morgan fingerprint density at radius 1 is 1.21 bits per heavy atom. The van der Waals surface area contributed by atoms with Gasteiger partial charge in [0.25, 0.3) is 0 Å². The SMILES string of the molecule is CCCC(C)Nc1ccc(CN2CCOCC2)cc1. The second-order valence-electron chi connectivity index (χ2n) is 5.42. The maximum atomic E-state index is 5.37. The monoisotopic (exact) mass is 262 g/mol. The van der Waals surface area contributed by atoms with Crippen molar-refractivity contribution in [3.05, 3.63) is 29.8 Å². The van der Waals surface area contributed by atoms with Crippen molar-refractivity contribution in [2.75, 3.05) is 31.6 Å². The third-order valence-electron chi connectivity index (χ3n) is 3.60. The molecular weight excluding hydrogens is 236 g/mol. The lowest BCUT2D eigenvalue weighted by Crippen LogP contribution is -2.35. The van der Waals surface area contributed by atoms with Gasteiger partial charge in [0, 0.05) is 31.4 Å². The van der Waals surface area contributed by atoms with Crippen molar-refractivity contribution in [3.8, 4) is 0 Å². The van der Waals surface area contributed by atoms with Gasteiger partial charge < -0.3 is 10.1 Å². The van der Waals surface area contributed by atoms with Gasteiger partial charge in [-0.2, -0.15) is 0 Å². The molecule has 1 fully saturated rings. The van der Waals surface area contributed by atoms with Crippen LogP contribution < -0.4 is 5.32 Å². The lowest BCUT2D eigenvalue weighted by molar-refractivity contribution is 0.0342. The van der Waals surface area contributed by atoms with Crippen LogP contribution in [0.25, 0.3) is 0 Å². The molecule has 1 aromatic carbocycles. The molecule has 0 spiro atoms. The zero-order valence-electron chi connectivity index (χ0n) is 12.2. The largest absolute Gasteiger partial charge is 0.383 e. The summed E-state index contributed by atoms with van der Waals surface area (Å²) in [6.07, 6.45) is 2.44. The predicted molar refractivity (Wildman–Crippen MR) is 80.5 cm³/mol. The third kappa shape index (κ3) is 4.84. The second-order valence-corrected chi connectivity index (χ2v) is 5.42. The Hall–Kier alpha value is -1.06. The van der Waals surface area contributed by atoms with Crippen LogP contribution in [0.1, 0.15) is 32.3 Å². The molecule has 0 bridgehead atoms. The number of hydrogen-bond donors (Lipinski definition) is 1. The number of anilines is 1. The molecule has 1 aromatic rings. The van der Waals surface area contributed by atoms with Gasteiger partial charge in [0.15, 0.2) is 0 Å². The van der Waals surface area contributed by atoms with E-state index in [1.165, 1.54) is 24.1 Å². The summed E-state index contributed by atoms with van der Waals surface area (Å²) >= 11 is 0. The topological polar surface area (TPSA) is 24.5 Å². The van der Waals surface area contributed by atoms with Gasteiger partial charge in [-0.25, -0.2) is 0 Å². The highest BCUT2D eigenvalue weighted by Crippen LogP contribution is 2.14. The average molecular weight is 262 g/mol. The van der Waals surface area contributed by atoms with Crippen LogP contribution in [0.3, 0.4) is 0 Å². The highest BCUT2D eigenvalue weighted by Gasteiger charge is 2.10. The van der Waals surface area contributed by atoms with Crippen LogP contribution in [0, 0.1) is 0 Å². The number of hydrogen-bond acceptors (Lipinski definition) is 3. The molecule has 0 aromatic heterocycles. The van der Waals surface area contributed by atoms with Crippen molar-refractivity contribution in [3.63, 3.8) is 0 Å².